The molecule has 0 unspecified atom stereocenters. The van der Waals surface area contributed by atoms with E-state index in [0.717, 1.165) is 16.4 Å². The zero-order valence-electron chi connectivity index (χ0n) is 9.96. The predicted octanol–water partition coefficient (Wildman–Crippen LogP) is 3.68. The van der Waals surface area contributed by atoms with E-state index in [1.165, 1.54) is 0 Å². The molecule has 0 saturated carbocycles. The van der Waals surface area contributed by atoms with Gasteiger partial charge in [-0.1, -0.05) is 24.3 Å². The number of para-hydroxylation sites is 1. The lowest BCUT2D eigenvalue weighted by Gasteiger charge is -1.97. The molecule has 0 aliphatic carbocycles. The van der Waals surface area contributed by atoms with Crippen molar-refractivity contribution in [3.05, 3.63) is 54.6 Å². The quantitative estimate of drug-likeness (QED) is 0.817. The molecule has 0 bridgehead atoms. The van der Waals surface area contributed by atoms with Crippen LogP contribution in [-0.4, -0.2) is 14.2 Å². The normalized spacial score (nSPS) is 8.88. The van der Waals surface area contributed by atoms with E-state index in [9.17, 15) is 0 Å². The van der Waals surface area contributed by atoms with E-state index >= 15 is 0 Å². The lowest BCUT2D eigenvalue weighted by atomic mass is 10.3. The van der Waals surface area contributed by atoms with Crippen molar-refractivity contribution in [1.82, 2.24) is 0 Å². The Bertz CT molecular complexity index is 429. The van der Waals surface area contributed by atoms with Crippen LogP contribution in [0.3, 0.4) is 0 Å². The van der Waals surface area contributed by atoms with Crippen molar-refractivity contribution < 1.29 is 9.47 Å². The molecule has 0 heterocycles. The van der Waals surface area contributed by atoms with Crippen molar-refractivity contribution in [1.29, 1.82) is 0 Å². The van der Waals surface area contributed by atoms with Crippen LogP contribution in [0.25, 0.3) is 0 Å². The summed E-state index contributed by atoms with van der Waals surface area (Å²) in [6.45, 7) is 0. The highest BCUT2D eigenvalue weighted by atomic mass is 32.1. The van der Waals surface area contributed by atoms with Gasteiger partial charge in [-0.25, -0.2) is 0 Å². The number of benzene rings is 2. The van der Waals surface area contributed by atoms with E-state index in [4.69, 9.17) is 9.47 Å². The van der Waals surface area contributed by atoms with Gasteiger partial charge in [0.25, 0.3) is 0 Å². The Balaban J connectivity index is 0.000000171. The molecule has 0 fully saturated rings. The summed E-state index contributed by atoms with van der Waals surface area (Å²) < 4.78 is 9.86. The molecule has 2 rings (SSSR count). The molecule has 0 aliphatic rings. The molecular formula is C14H16O2S. The fourth-order valence-corrected chi connectivity index (χ4v) is 1.38. The molecule has 2 aromatic carbocycles. The second kappa shape index (κ2) is 7.63. The first-order valence-corrected chi connectivity index (χ1v) is 5.63. The Kier molecular flexibility index (Phi) is 6.04. The SMILES string of the molecule is COc1cccc(S)c1.COc1ccccc1. The lowest BCUT2D eigenvalue weighted by molar-refractivity contribution is 0.413. The lowest BCUT2D eigenvalue weighted by Crippen LogP contribution is -1.80. The first kappa shape index (κ1) is 13.5. The molecule has 2 nitrogen and oxygen atoms in total. The van der Waals surface area contributed by atoms with Crippen LogP contribution in [0.4, 0.5) is 0 Å². The Morgan fingerprint density at radius 1 is 0.765 bits per heavy atom. The largest absolute Gasteiger partial charge is 0.497 e. The molecule has 17 heavy (non-hydrogen) atoms. The van der Waals surface area contributed by atoms with Crippen molar-refractivity contribution >= 4 is 12.6 Å². The van der Waals surface area contributed by atoms with E-state index in [2.05, 4.69) is 12.6 Å². The number of ether oxygens (including phenoxy) is 2. The molecule has 3 heteroatoms. The van der Waals surface area contributed by atoms with Crippen LogP contribution in [0, 0.1) is 0 Å². The van der Waals surface area contributed by atoms with Gasteiger partial charge < -0.3 is 9.47 Å². The molecule has 2 aromatic rings. The summed E-state index contributed by atoms with van der Waals surface area (Å²) in [5.74, 6) is 1.76. The number of thiol groups is 1. The van der Waals surface area contributed by atoms with Gasteiger partial charge in [0.15, 0.2) is 0 Å². The van der Waals surface area contributed by atoms with E-state index in [-0.39, 0.29) is 0 Å². The zero-order chi connectivity index (χ0) is 12.5. The molecule has 0 saturated heterocycles. The van der Waals surface area contributed by atoms with Gasteiger partial charge >= 0.3 is 0 Å². The second-order valence-corrected chi connectivity index (χ2v) is 3.74. The minimum Gasteiger partial charge on any atom is -0.497 e. The Hall–Kier alpha value is -1.61. The van der Waals surface area contributed by atoms with Gasteiger partial charge in [-0.2, -0.15) is 0 Å². The highest BCUT2D eigenvalue weighted by Gasteiger charge is 1.87. The van der Waals surface area contributed by atoms with Crippen LogP contribution >= 0.6 is 12.6 Å². The fourth-order valence-electron chi connectivity index (χ4n) is 1.17. The first-order chi connectivity index (χ1) is 8.26. The van der Waals surface area contributed by atoms with Crippen molar-refractivity contribution in [2.45, 2.75) is 4.90 Å². The minimum absolute atomic E-state index is 0.850. The van der Waals surface area contributed by atoms with Crippen LogP contribution in [0.2, 0.25) is 0 Å². The van der Waals surface area contributed by atoms with Crippen molar-refractivity contribution in [2.24, 2.45) is 0 Å². The summed E-state index contributed by atoms with van der Waals surface area (Å²) in [6, 6.07) is 17.2. The molecule has 0 amide bonds. The number of hydrogen-bond acceptors (Lipinski definition) is 3. The molecule has 0 spiro atoms. The summed E-state index contributed by atoms with van der Waals surface area (Å²) in [5, 5.41) is 0. The molecule has 0 radical (unpaired) electrons. The standard InChI is InChI=1S/C7H8OS.C7H8O/c1-8-6-3-2-4-7(9)5-6;1-8-7-5-3-2-4-6-7/h2-5,9H,1H3;2-6H,1H3. The van der Waals surface area contributed by atoms with Crippen LogP contribution in [-0.2, 0) is 0 Å². The van der Waals surface area contributed by atoms with Crippen molar-refractivity contribution in [2.75, 3.05) is 14.2 Å². The summed E-state index contributed by atoms with van der Waals surface area (Å²) >= 11 is 4.13. The number of rotatable bonds is 2. The van der Waals surface area contributed by atoms with Crippen LogP contribution in [0.1, 0.15) is 0 Å². The van der Waals surface area contributed by atoms with Crippen LogP contribution in [0.15, 0.2) is 59.5 Å². The maximum Gasteiger partial charge on any atom is 0.119 e. The molecule has 0 aromatic heterocycles. The van der Waals surface area contributed by atoms with Gasteiger partial charge in [0.05, 0.1) is 14.2 Å². The third kappa shape index (κ3) is 5.31. The molecule has 90 valence electrons. The van der Waals surface area contributed by atoms with Gasteiger partial charge in [0, 0.05) is 4.90 Å². The minimum atomic E-state index is 0.850. The predicted molar refractivity (Wildman–Crippen MR) is 73.2 cm³/mol. The van der Waals surface area contributed by atoms with Crippen molar-refractivity contribution in [3.8, 4) is 11.5 Å². The van der Waals surface area contributed by atoms with E-state index < -0.39 is 0 Å². The average molecular weight is 248 g/mol. The maximum absolute atomic E-state index is 4.95. The first-order valence-electron chi connectivity index (χ1n) is 5.18. The summed E-state index contributed by atoms with van der Waals surface area (Å²) in [6.07, 6.45) is 0. The molecule has 0 aliphatic heterocycles. The van der Waals surface area contributed by atoms with E-state index in [1.807, 2.05) is 54.6 Å². The average Bonchev–Trinajstić information content (AvgIpc) is 2.40. The van der Waals surface area contributed by atoms with Crippen LogP contribution < -0.4 is 9.47 Å². The summed E-state index contributed by atoms with van der Waals surface area (Å²) in [7, 11) is 3.30. The highest BCUT2D eigenvalue weighted by Crippen LogP contribution is 2.14. The molecule has 0 N–H and O–H groups in total. The highest BCUT2D eigenvalue weighted by molar-refractivity contribution is 7.80. The van der Waals surface area contributed by atoms with Gasteiger partial charge in [0.2, 0.25) is 0 Å². The van der Waals surface area contributed by atoms with Gasteiger partial charge in [-0.3, -0.25) is 0 Å². The molecular weight excluding hydrogens is 232 g/mol. The Morgan fingerprint density at radius 2 is 1.35 bits per heavy atom. The van der Waals surface area contributed by atoms with Crippen LogP contribution in [0.5, 0.6) is 11.5 Å². The van der Waals surface area contributed by atoms with Crippen molar-refractivity contribution in [3.63, 3.8) is 0 Å². The van der Waals surface area contributed by atoms with Gasteiger partial charge in [-0.15, -0.1) is 12.6 Å². The summed E-state index contributed by atoms with van der Waals surface area (Å²) in [4.78, 5) is 0.925. The fraction of sp³-hybridized carbons (Fsp3) is 0.143. The Labute approximate surface area is 108 Å². The topological polar surface area (TPSA) is 18.5 Å². The Morgan fingerprint density at radius 3 is 1.76 bits per heavy atom. The second-order valence-electron chi connectivity index (χ2n) is 3.22. The molecule has 0 atom stereocenters. The number of methoxy groups -OCH3 is 2. The monoisotopic (exact) mass is 248 g/mol. The summed E-state index contributed by atoms with van der Waals surface area (Å²) in [5.41, 5.74) is 0. The maximum atomic E-state index is 4.95. The number of hydrogen-bond donors (Lipinski definition) is 1. The van der Waals surface area contributed by atoms with Gasteiger partial charge in [0.1, 0.15) is 11.5 Å². The zero-order valence-corrected chi connectivity index (χ0v) is 10.9. The third-order valence-electron chi connectivity index (χ3n) is 2.03. The third-order valence-corrected chi connectivity index (χ3v) is 2.31. The van der Waals surface area contributed by atoms with Gasteiger partial charge in [-0.05, 0) is 30.3 Å². The van der Waals surface area contributed by atoms with E-state index in [0.29, 0.717) is 0 Å². The smallest absolute Gasteiger partial charge is 0.119 e. The van der Waals surface area contributed by atoms with E-state index in [1.54, 1.807) is 14.2 Å².